The van der Waals surface area contributed by atoms with Gasteiger partial charge in [-0.15, -0.1) is 0 Å². The summed E-state index contributed by atoms with van der Waals surface area (Å²) in [6.45, 7) is 4.68. The average Bonchev–Trinajstić information content (AvgIpc) is 3.13. The molecule has 0 spiro atoms. The van der Waals surface area contributed by atoms with Crippen LogP contribution in [0.2, 0.25) is 0 Å². The molecular formula is C17H22N4O4. The quantitative estimate of drug-likeness (QED) is 0.306. The van der Waals surface area contributed by atoms with Crippen LogP contribution < -0.4 is 10.6 Å². The number of nitrogens with zero attached hydrogens (tertiary/aromatic N) is 2. The molecule has 1 aromatic carbocycles. The number of furan rings is 1. The van der Waals surface area contributed by atoms with Crippen LogP contribution >= 0.6 is 0 Å². The van der Waals surface area contributed by atoms with E-state index in [0.29, 0.717) is 18.3 Å². The molecule has 1 atom stereocenters. The van der Waals surface area contributed by atoms with Crippen molar-refractivity contribution in [2.45, 2.75) is 26.0 Å². The van der Waals surface area contributed by atoms with E-state index in [2.05, 4.69) is 15.6 Å². The minimum atomic E-state index is -1.19. The van der Waals surface area contributed by atoms with Crippen molar-refractivity contribution in [1.82, 2.24) is 10.6 Å². The second-order valence-corrected chi connectivity index (χ2v) is 5.73. The van der Waals surface area contributed by atoms with Crippen molar-refractivity contribution >= 4 is 11.6 Å². The molecule has 0 saturated heterocycles. The van der Waals surface area contributed by atoms with Crippen molar-refractivity contribution in [1.29, 1.82) is 0 Å². The van der Waals surface area contributed by atoms with Gasteiger partial charge in [-0.3, -0.25) is 10.1 Å². The molecule has 0 radical (unpaired) electrons. The lowest BCUT2D eigenvalue weighted by Gasteiger charge is -2.22. The van der Waals surface area contributed by atoms with Gasteiger partial charge in [0.25, 0.3) is 5.69 Å². The molecule has 3 N–H and O–H groups in total. The minimum Gasteiger partial charge on any atom is -0.466 e. The molecule has 25 heavy (non-hydrogen) atoms. The summed E-state index contributed by atoms with van der Waals surface area (Å²) in [7, 11) is 0. The van der Waals surface area contributed by atoms with E-state index in [9.17, 15) is 15.2 Å². The first-order chi connectivity index (χ1) is 11.9. The second kappa shape index (κ2) is 8.29. The third-order valence-electron chi connectivity index (χ3n) is 3.54. The molecule has 8 nitrogen and oxygen atoms in total. The lowest BCUT2D eigenvalue weighted by molar-refractivity contribution is -0.384. The van der Waals surface area contributed by atoms with Crippen LogP contribution in [0.3, 0.4) is 0 Å². The van der Waals surface area contributed by atoms with Gasteiger partial charge < -0.3 is 20.2 Å². The van der Waals surface area contributed by atoms with Crippen molar-refractivity contribution in [2.75, 3.05) is 13.1 Å². The lowest BCUT2D eigenvalue weighted by atomic mass is 10.0. The van der Waals surface area contributed by atoms with Crippen molar-refractivity contribution in [3.05, 3.63) is 64.1 Å². The molecule has 0 aliphatic carbocycles. The Balaban J connectivity index is 2.03. The fourth-order valence-corrected chi connectivity index (χ4v) is 2.21. The third kappa shape index (κ3) is 5.32. The van der Waals surface area contributed by atoms with Crippen molar-refractivity contribution in [3.8, 4) is 0 Å². The summed E-state index contributed by atoms with van der Waals surface area (Å²) in [4.78, 5) is 14.8. The van der Waals surface area contributed by atoms with Gasteiger partial charge in [-0.2, -0.15) is 0 Å². The highest BCUT2D eigenvalue weighted by Gasteiger charge is 2.26. The van der Waals surface area contributed by atoms with E-state index in [4.69, 9.17) is 4.42 Å². The summed E-state index contributed by atoms with van der Waals surface area (Å²) >= 11 is 0. The first kappa shape index (κ1) is 18.5. The van der Waals surface area contributed by atoms with Crippen LogP contribution in [0.4, 0.5) is 5.69 Å². The zero-order valence-electron chi connectivity index (χ0n) is 14.2. The maximum atomic E-state index is 10.8. The second-order valence-electron chi connectivity index (χ2n) is 5.73. The van der Waals surface area contributed by atoms with Gasteiger partial charge in [-0.05, 0) is 31.5 Å². The number of aliphatic hydroxyl groups is 1. The topological polar surface area (TPSA) is 113 Å². The van der Waals surface area contributed by atoms with E-state index in [1.54, 1.807) is 31.2 Å². The SMILES string of the molecule is CCNC(=NCc1cccc([N+](=O)[O-])c1)NCC(C)(O)c1ccco1. The molecule has 1 heterocycles. The van der Waals surface area contributed by atoms with E-state index in [0.717, 1.165) is 5.56 Å². The number of hydrogen-bond donors (Lipinski definition) is 3. The summed E-state index contributed by atoms with van der Waals surface area (Å²) in [5, 5.41) is 27.4. The monoisotopic (exact) mass is 346 g/mol. The molecule has 0 amide bonds. The Morgan fingerprint density at radius 3 is 2.80 bits per heavy atom. The Kier molecular flexibility index (Phi) is 6.13. The molecule has 0 saturated carbocycles. The summed E-state index contributed by atoms with van der Waals surface area (Å²) in [5.41, 5.74) is -0.429. The standard InChI is InChI=1S/C17H22N4O4/c1-3-18-16(20-12-17(2,22)15-8-5-9-25-15)19-11-13-6-4-7-14(10-13)21(23)24/h4-10,22H,3,11-12H2,1-2H3,(H2,18,19,20). The van der Waals surface area contributed by atoms with E-state index >= 15 is 0 Å². The summed E-state index contributed by atoms with van der Waals surface area (Å²) in [6, 6.07) is 9.76. The maximum absolute atomic E-state index is 10.8. The number of aliphatic imine (C=N–C) groups is 1. The van der Waals surface area contributed by atoms with Gasteiger partial charge in [-0.25, -0.2) is 4.99 Å². The van der Waals surface area contributed by atoms with Crippen LogP contribution in [0.1, 0.15) is 25.2 Å². The fourth-order valence-electron chi connectivity index (χ4n) is 2.21. The highest BCUT2D eigenvalue weighted by molar-refractivity contribution is 5.79. The summed E-state index contributed by atoms with van der Waals surface area (Å²) in [5.74, 6) is 0.954. The van der Waals surface area contributed by atoms with Crippen LogP contribution in [-0.4, -0.2) is 29.1 Å². The Labute approximate surface area is 145 Å². The van der Waals surface area contributed by atoms with Gasteiger partial charge in [-0.1, -0.05) is 12.1 Å². The van der Waals surface area contributed by atoms with E-state index < -0.39 is 10.5 Å². The first-order valence-electron chi connectivity index (χ1n) is 7.94. The molecule has 134 valence electrons. The number of nitro groups is 1. The summed E-state index contributed by atoms with van der Waals surface area (Å²) < 4.78 is 5.24. The molecule has 1 aromatic heterocycles. The average molecular weight is 346 g/mol. The zero-order chi connectivity index (χ0) is 18.3. The highest BCUT2D eigenvalue weighted by Crippen LogP contribution is 2.19. The molecule has 0 bridgehead atoms. The van der Waals surface area contributed by atoms with E-state index in [-0.39, 0.29) is 18.8 Å². The molecule has 2 aromatic rings. The predicted octanol–water partition coefficient (Wildman–Crippen LogP) is 2.15. The predicted molar refractivity (Wildman–Crippen MR) is 94.2 cm³/mol. The number of guanidine groups is 1. The van der Waals surface area contributed by atoms with Crippen LogP contribution in [0.5, 0.6) is 0 Å². The minimum absolute atomic E-state index is 0.0337. The number of nitrogens with one attached hydrogen (secondary N) is 2. The summed E-state index contributed by atoms with van der Waals surface area (Å²) in [6.07, 6.45) is 1.51. The van der Waals surface area contributed by atoms with Gasteiger partial charge in [0.2, 0.25) is 0 Å². The number of benzene rings is 1. The zero-order valence-corrected chi connectivity index (χ0v) is 14.2. The normalized spacial score (nSPS) is 14.0. The smallest absolute Gasteiger partial charge is 0.269 e. The van der Waals surface area contributed by atoms with Gasteiger partial charge in [0.05, 0.1) is 24.3 Å². The highest BCUT2D eigenvalue weighted by atomic mass is 16.6. The van der Waals surface area contributed by atoms with Crippen molar-refractivity contribution in [3.63, 3.8) is 0 Å². The Hall–Kier alpha value is -2.87. The van der Waals surface area contributed by atoms with Gasteiger partial charge >= 0.3 is 0 Å². The largest absolute Gasteiger partial charge is 0.466 e. The van der Waals surface area contributed by atoms with Crippen LogP contribution in [0, 0.1) is 10.1 Å². The van der Waals surface area contributed by atoms with E-state index in [1.165, 1.54) is 18.4 Å². The number of rotatable bonds is 7. The fraction of sp³-hybridized carbons (Fsp3) is 0.353. The molecule has 0 fully saturated rings. The maximum Gasteiger partial charge on any atom is 0.269 e. The van der Waals surface area contributed by atoms with Gasteiger partial charge in [0, 0.05) is 18.7 Å². The molecule has 0 aliphatic heterocycles. The van der Waals surface area contributed by atoms with Crippen LogP contribution in [0.25, 0.3) is 0 Å². The molecular weight excluding hydrogens is 324 g/mol. The number of hydrogen-bond acceptors (Lipinski definition) is 5. The third-order valence-corrected chi connectivity index (χ3v) is 3.54. The first-order valence-corrected chi connectivity index (χ1v) is 7.94. The van der Waals surface area contributed by atoms with E-state index in [1.807, 2.05) is 6.92 Å². The Morgan fingerprint density at radius 2 is 2.16 bits per heavy atom. The van der Waals surface area contributed by atoms with Crippen molar-refractivity contribution in [2.24, 2.45) is 4.99 Å². The van der Waals surface area contributed by atoms with Crippen LogP contribution in [0.15, 0.2) is 52.1 Å². The Morgan fingerprint density at radius 1 is 1.36 bits per heavy atom. The van der Waals surface area contributed by atoms with Gasteiger partial charge in [0.15, 0.2) is 5.96 Å². The Bertz CT molecular complexity index is 726. The lowest BCUT2D eigenvalue weighted by Crippen LogP contribution is -2.44. The van der Waals surface area contributed by atoms with Crippen molar-refractivity contribution < 1.29 is 14.4 Å². The number of non-ortho nitro benzene ring substituents is 1. The number of nitro benzene ring substituents is 1. The molecule has 2 rings (SSSR count). The van der Waals surface area contributed by atoms with Gasteiger partial charge in [0.1, 0.15) is 11.4 Å². The molecule has 0 aliphatic rings. The van der Waals surface area contributed by atoms with Crippen LogP contribution in [-0.2, 0) is 12.1 Å². The molecule has 1 unspecified atom stereocenters. The molecule has 8 heteroatoms.